The average molecular weight is 175 g/mol. The van der Waals surface area contributed by atoms with E-state index in [1.165, 1.54) is 5.56 Å². The maximum Gasteiger partial charge on any atom is 0.0931 e. The molecule has 13 heavy (non-hydrogen) atoms. The van der Waals surface area contributed by atoms with Gasteiger partial charge >= 0.3 is 0 Å². The van der Waals surface area contributed by atoms with E-state index in [4.69, 9.17) is 5.73 Å². The number of nitrogens with zero attached hydrogens (tertiary/aromatic N) is 1. The predicted octanol–water partition coefficient (Wildman–Crippen LogP) is 1.63. The summed E-state index contributed by atoms with van der Waals surface area (Å²) in [5.74, 6) is 0.368. The Labute approximate surface area is 77.0 Å². The SMILES string of the molecule is CC(CN)c1cccc2[nH]cnc12. The van der Waals surface area contributed by atoms with Crippen LogP contribution in [0.3, 0.4) is 0 Å². The predicted molar refractivity (Wildman–Crippen MR) is 53.6 cm³/mol. The van der Waals surface area contributed by atoms with Crippen LogP contribution in [0.5, 0.6) is 0 Å². The van der Waals surface area contributed by atoms with Crippen molar-refractivity contribution in [3.63, 3.8) is 0 Å². The Hall–Kier alpha value is -1.35. The first kappa shape index (κ1) is 8.26. The molecule has 2 rings (SSSR count). The van der Waals surface area contributed by atoms with Crippen LogP contribution in [0.4, 0.5) is 0 Å². The summed E-state index contributed by atoms with van der Waals surface area (Å²) in [6.45, 7) is 2.77. The molecule has 0 aliphatic carbocycles. The molecule has 0 aliphatic heterocycles. The normalized spacial score (nSPS) is 13.4. The fourth-order valence-electron chi connectivity index (χ4n) is 1.51. The van der Waals surface area contributed by atoms with Crippen LogP contribution >= 0.6 is 0 Å². The van der Waals surface area contributed by atoms with Crippen molar-refractivity contribution >= 4 is 11.0 Å². The van der Waals surface area contributed by atoms with Crippen LogP contribution in [0.25, 0.3) is 11.0 Å². The molecule has 1 unspecified atom stereocenters. The number of benzene rings is 1. The Morgan fingerprint density at radius 3 is 3.15 bits per heavy atom. The molecule has 0 spiro atoms. The molecule has 1 aromatic carbocycles. The van der Waals surface area contributed by atoms with Crippen LogP contribution in [-0.2, 0) is 0 Å². The molecule has 1 atom stereocenters. The number of H-pyrrole nitrogens is 1. The van der Waals surface area contributed by atoms with E-state index in [-0.39, 0.29) is 0 Å². The molecule has 68 valence electrons. The van der Waals surface area contributed by atoms with E-state index in [9.17, 15) is 0 Å². The summed E-state index contributed by atoms with van der Waals surface area (Å²) < 4.78 is 0. The van der Waals surface area contributed by atoms with Gasteiger partial charge in [-0.15, -0.1) is 0 Å². The van der Waals surface area contributed by atoms with E-state index < -0.39 is 0 Å². The monoisotopic (exact) mass is 175 g/mol. The molecule has 0 saturated carbocycles. The molecule has 0 aliphatic rings. The van der Waals surface area contributed by atoms with Gasteiger partial charge in [-0.2, -0.15) is 0 Å². The van der Waals surface area contributed by atoms with Crippen molar-refractivity contribution in [3.05, 3.63) is 30.1 Å². The third kappa shape index (κ3) is 1.31. The molecule has 2 aromatic rings. The highest BCUT2D eigenvalue weighted by Crippen LogP contribution is 2.21. The molecule has 3 nitrogen and oxygen atoms in total. The van der Waals surface area contributed by atoms with Crippen LogP contribution in [0.2, 0.25) is 0 Å². The van der Waals surface area contributed by atoms with Crippen molar-refractivity contribution < 1.29 is 0 Å². The van der Waals surface area contributed by atoms with E-state index in [0.717, 1.165) is 11.0 Å². The van der Waals surface area contributed by atoms with Gasteiger partial charge in [0.15, 0.2) is 0 Å². The first-order valence-electron chi connectivity index (χ1n) is 4.45. The van der Waals surface area contributed by atoms with Gasteiger partial charge in [0.2, 0.25) is 0 Å². The molecule has 1 heterocycles. The standard InChI is InChI=1S/C10H13N3/c1-7(5-11)8-3-2-4-9-10(8)13-6-12-9/h2-4,6-7H,5,11H2,1H3,(H,12,13). The van der Waals surface area contributed by atoms with Crippen LogP contribution in [0.1, 0.15) is 18.4 Å². The summed E-state index contributed by atoms with van der Waals surface area (Å²) in [7, 11) is 0. The highest BCUT2D eigenvalue weighted by molar-refractivity contribution is 5.78. The quantitative estimate of drug-likeness (QED) is 0.728. The van der Waals surface area contributed by atoms with Gasteiger partial charge < -0.3 is 10.7 Å². The molecule has 3 heteroatoms. The van der Waals surface area contributed by atoms with Gasteiger partial charge in [0.05, 0.1) is 17.4 Å². The number of imidazole rings is 1. The van der Waals surface area contributed by atoms with Gasteiger partial charge in [-0.05, 0) is 24.1 Å². The molecular formula is C10H13N3. The Kier molecular flexibility index (Phi) is 2.02. The van der Waals surface area contributed by atoms with Crippen molar-refractivity contribution in [1.29, 1.82) is 0 Å². The summed E-state index contributed by atoms with van der Waals surface area (Å²) in [4.78, 5) is 7.36. The Bertz CT molecular complexity index is 405. The number of nitrogens with one attached hydrogen (secondary N) is 1. The molecule has 0 saturated heterocycles. The maximum absolute atomic E-state index is 5.63. The van der Waals surface area contributed by atoms with E-state index in [1.807, 2.05) is 12.1 Å². The molecule has 1 aromatic heterocycles. The van der Waals surface area contributed by atoms with Crippen LogP contribution < -0.4 is 5.73 Å². The zero-order chi connectivity index (χ0) is 9.26. The van der Waals surface area contributed by atoms with Crippen molar-refractivity contribution in [2.24, 2.45) is 5.73 Å². The first-order chi connectivity index (χ1) is 6.33. The van der Waals surface area contributed by atoms with Gasteiger partial charge in [0.25, 0.3) is 0 Å². The smallest absolute Gasteiger partial charge is 0.0931 e. The van der Waals surface area contributed by atoms with Crippen LogP contribution in [-0.4, -0.2) is 16.5 Å². The zero-order valence-electron chi connectivity index (χ0n) is 7.62. The lowest BCUT2D eigenvalue weighted by Crippen LogP contribution is -2.09. The number of fused-ring (bicyclic) bond motifs is 1. The van der Waals surface area contributed by atoms with E-state index in [1.54, 1.807) is 6.33 Å². The molecule has 0 bridgehead atoms. The zero-order valence-corrected chi connectivity index (χ0v) is 7.62. The summed E-state index contributed by atoms with van der Waals surface area (Å²) in [6, 6.07) is 6.14. The summed E-state index contributed by atoms with van der Waals surface area (Å²) in [5.41, 5.74) is 8.97. The van der Waals surface area contributed by atoms with Gasteiger partial charge in [-0.3, -0.25) is 0 Å². The number of rotatable bonds is 2. The maximum atomic E-state index is 5.63. The third-order valence-corrected chi connectivity index (χ3v) is 2.37. The van der Waals surface area contributed by atoms with Crippen molar-refractivity contribution in [2.45, 2.75) is 12.8 Å². The Morgan fingerprint density at radius 2 is 2.38 bits per heavy atom. The van der Waals surface area contributed by atoms with E-state index in [2.05, 4.69) is 23.0 Å². The largest absolute Gasteiger partial charge is 0.345 e. The highest BCUT2D eigenvalue weighted by atomic mass is 14.9. The molecule has 0 amide bonds. The summed E-state index contributed by atoms with van der Waals surface area (Å²) in [6.07, 6.45) is 1.72. The minimum Gasteiger partial charge on any atom is -0.345 e. The third-order valence-electron chi connectivity index (χ3n) is 2.37. The Morgan fingerprint density at radius 1 is 1.54 bits per heavy atom. The van der Waals surface area contributed by atoms with Crippen molar-refractivity contribution in [2.75, 3.05) is 6.54 Å². The molecule has 0 radical (unpaired) electrons. The average Bonchev–Trinajstić information content (AvgIpc) is 2.63. The van der Waals surface area contributed by atoms with Gasteiger partial charge in [-0.25, -0.2) is 4.98 Å². The highest BCUT2D eigenvalue weighted by Gasteiger charge is 2.08. The fourth-order valence-corrected chi connectivity index (χ4v) is 1.51. The summed E-state index contributed by atoms with van der Waals surface area (Å²) in [5, 5.41) is 0. The second-order valence-corrected chi connectivity index (χ2v) is 3.28. The first-order valence-corrected chi connectivity index (χ1v) is 4.45. The molecule has 0 fully saturated rings. The van der Waals surface area contributed by atoms with E-state index in [0.29, 0.717) is 12.5 Å². The van der Waals surface area contributed by atoms with Crippen molar-refractivity contribution in [3.8, 4) is 0 Å². The lowest BCUT2D eigenvalue weighted by Gasteiger charge is -2.08. The summed E-state index contributed by atoms with van der Waals surface area (Å²) >= 11 is 0. The minimum absolute atomic E-state index is 0.368. The van der Waals surface area contributed by atoms with E-state index >= 15 is 0 Å². The van der Waals surface area contributed by atoms with Crippen molar-refractivity contribution in [1.82, 2.24) is 9.97 Å². The number of nitrogens with two attached hydrogens (primary N) is 1. The second kappa shape index (κ2) is 3.18. The lowest BCUT2D eigenvalue weighted by atomic mass is 10.0. The second-order valence-electron chi connectivity index (χ2n) is 3.28. The Balaban J connectivity index is 2.60. The molecular weight excluding hydrogens is 162 g/mol. The number of para-hydroxylation sites is 1. The fraction of sp³-hybridized carbons (Fsp3) is 0.300. The van der Waals surface area contributed by atoms with Gasteiger partial charge in [0.1, 0.15) is 0 Å². The minimum atomic E-state index is 0.368. The van der Waals surface area contributed by atoms with Crippen LogP contribution in [0.15, 0.2) is 24.5 Å². The van der Waals surface area contributed by atoms with Gasteiger partial charge in [0, 0.05) is 0 Å². The number of hydrogen-bond acceptors (Lipinski definition) is 2. The van der Waals surface area contributed by atoms with Gasteiger partial charge in [-0.1, -0.05) is 19.1 Å². The number of hydrogen-bond donors (Lipinski definition) is 2. The van der Waals surface area contributed by atoms with Crippen LogP contribution in [0, 0.1) is 0 Å². The number of aromatic amines is 1. The lowest BCUT2D eigenvalue weighted by molar-refractivity contribution is 0.779. The number of aromatic nitrogens is 2. The molecule has 3 N–H and O–H groups in total. The topological polar surface area (TPSA) is 54.7 Å².